The standard InChI is InChI=1S/C21H19BrN4O/c1-13(2)14-4-7-16(8-5-14)24-20-19(17-12-15(22)6-9-18(17)27)25-21-23-10-3-11-26(20)21/h3-13,24,27H,1-2H3. The van der Waals surface area contributed by atoms with Crippen LogP contribution in [0.1, 0.15) is 25.3 Å². The summed E-state index contributed by atoms with van der Waals surface area (Å²) in [6.45, 7) is 4.35. The highest BCUT2D eigenvalue weighted by molar-refractivity contribution is 9.10. The van der Waals surface area contributed by atoms with E-state index in [2.05, 4.69) is 69.3 Å². The summed E-state index contributed by atoms with van der Waals surface area (Å²) in [5.41, 5.74) is 3.50. The van der Waals surface area contributed by atoms with E-state index in [9.17, 15) is 5.11 Å². The second-order valence-corrected chi connectivity index (χ2v) is 7.58. The van der Waals surface area contributed by atoms with Crippen LogP contribution < -0.4 is 5.32 Å². The van der Waals surface area contributed by atoms with Gasteiger partial charge in [-0.1, -0.05) is 41.9 Å². The zero-order chi connectivity index (χ0) is 19.0. The number of fused-ring (bicyclic) bond motifs is 1. The summed E-state index contributed by atoms with van der Waals surface area (Å²) in [6.07, 6.45) is 3.60. The summed E-state index contributed by atoms with van der Waals surface area (Å²) in [5.74, 6) is 1.96. The first-order chi connectivity index (χ1) is 13.0. The number of aromatic nitrogens is 3. The molecule has 5 nitrogen and oxygen atoms in total. The first kappa shape index (κ1) is 17.5. The fourth-order valence-corrected chi connectivity index (χ4v) is 3.34. The molecule has 0 spiro atoms. The van der Waals surface area contributed by atoms with Gasteiger partial charge in [-0.2, -0.15) is 0 Å². The van der Waals surface area contributed by atoms with Gasteiger partial charge in [0.1, 0.15) is 17.3 Å². The average Bonchev–Trinajstić information content (AvgIpc) is 3.02. The number of hydrogen-bond acceptors (Lipinski definition) is 4. The highest BCUT2D eigenvalue weighted by Gasteiger charge is 2.18. The van der Waals surface area contributed by atoms with Crippen LogP contribution in [-0.2, 0) is 0 Å². The molecule has 0 saturated heterocycles. The van der Waals surface area contributed by atoms with Crippen molar-refractivity contribution in [2.24, 2.45) is 0 Å². The minimum atomic E-state index is 0.166. The van der Waals surface area contributed by atoms with Crippen molar-refractivity contribution in [1.29, 1.82) is 0 Å². The van der Waals surface area contributed by atoms with Crippen molar-refractivity contribution >= 4 is 33.2 Å². The Hall–Kier alpha value is -2.86. The molecular weight excluding hydrogens is 404 g/mol. The largest absolute Gasteiger partial charge is 0.507 e. The molecule has 27 heavy (non-hydrogen) atoms. The first-order valence-corrected chi connectivity index (χ1v) is 9.51. The fraction of sp³-hybridized carbons (Fsp3) is 0.143. The van der Waals surface area contributed by atoms with Crippen molar-refractivity contribution in [3.63, 3.8) is 0 Å². The average molecular weight is 423 g/mol. The van der Waals surface area contributed by atoms with Crippen molar-refractivity contribution in [3.8, 4) is 17.0 Å². The number of aromatic hydroxyl groups is 1. The molecule has 0 aliphatic carbocycles. The van der Waals surface area contributed by atoms with E-state index in [1.165, 1.54) is 5.56 Å². The van der Waals surface area contributed by atoms with Crippen LogP contribution in [0.15, 0.2) is 65.4 Å². The summed E-state index contributed by atoms with van der Waals surface area (Å²) >= 11 is 3.47. The summed E-state index contributed by atoms with van der Waals surface area (Å²) in [6, 6.07) is 15.5. The predicted octanol–water partition coefficient (Wildman–Crippen LogP) is 5.73. The topological polar surface area (TPSA) is 62.5 Å². The molecule has 2 aromatic carbocycles. The van der Waals surface area contributed by atoms with Crippen LogP contribution >= 0.6 is 15.9 Å². The Labute approximate surface area is 165 Å². The van der Waals surface area contributed by atoms with Gasteiger partial charge in [0.25, 0.3) is 0 Å². The van der Waals surface area contributed by atoms with E-state index in [1.807, 2.05) is 22.7 Å². The Kier molecular flexibility index (Phi) is 4.58. The van der Waals surface area contributed by atoms with Gasteiger partial charge in [-0.15, -0.1) is 0 Å². The Morgan fingerprint density at radius 2 is 1.89 bits per heavy atom. The highest BCUT2D eigenvalue weighted by Crippen LogP contribution is 2.37. The molecule has 0 atom stereocenters. The monoisotopic (exact) mass is 422 g/mol. The smallest absolute Gasteiger partial charge is 0.235 e. The molecule has 2 heterocycles. The van der Waals surface area contributed by atoms with E-state index in [0.717, 1.165) is 16.0 Å². The predicted molar refractivity (Wildman–Crippen MR) is 112 cm³/mol. The van der Waals surface area contributed by atoms with Crippen molar-refractivity contribution in [1.82, 2.24) is 14.4 Å². The van der Waals surface area contributed by atoms with Crippen LogP contribution in [0.3, 0.4) is 0 Å². The maximum Gasteiger partial charge on any atom is 0.235 e. The molecule has 0 amide bonds. The number of nitrogens with zero attached hydrogens (tertiary/aromatic N) is 3. The Bertz CT molecular complexity index is 1100. The molecule has 4 aromatic rings. The second-order valence-electron chi connectivity index (χ2n) is 6.66. The van der Waals surface area contributed by atoms with Gasteiger partial charge in [0.15, 0.2) is 0 Å². The van der Waals surface area contributed by atoms with Gasteiger partial charge in [0.05, 0.1) is 0 Å². The lowest BCUT2D eigenvalue weighted by Crippen LogP contribution is -1.98. The van der Waals surface area contributed by atoms with Crippen molar-refractivity contribution in [2.45, 2.75) is 19.8 Å². The van der Waals surface area contributed by atoms with Gasteiger partial charge in [0, 0.05) is 28.1 Å². The van der Waals surface area contributed by atoms with E-state index < -0.39 is 0 Å². The zero-order valence-electron chi connectivity index (χ0n) is 15.0. The maximum absolute atomic E-state index is 10.4. The summed E-state index contributed by atoms with van der Waals surface area (Å²) < 4.78 is 2.75. The van der Waals surface area contributed by atoms with Gasteiger partial charge in [-0.05, 0) is 47.9 Å². The Morgan fingerprint density at radius 3 is 2.63 bits per heavy atom. The van der Waals surface area contributed by atoms with Crippen LogP contribution in [-0.4, -0.2) is 19.5 Å². The minimum absolute atomic E-state index is 0.166. The third-order valence-electron chi connectivity index (χ3n) is 4.46. The lowest BCUT2D eigenvalue weighted by atomic mass is 10.0. The minimum Gasteiger partial charge on any atom is -0.507 e. The van der Waals surface area contributed by atoms with E-state index in [4.69, 9.17) is 0 Å². The Balaban J connectivity index is 1.84. The number of imidazole rings is 1. The molecular formula is C21H19BrN4O. The van der Waals surface area contributed by atoms with Crippen LogP contribution in [0.25, 0.3) is 17.0 Å². The molecule has 136 valence electrons. The van der Waals surface area contributed by atoms with Gasteiger partial charge >= 0.3 is 0 Å². The van der Waals surface area contributed by atoms with E-state index in [0.29, 0.717) is 23.0 Å². The number of hydrogen-bond donors (Lipinski definition) is 2. The molecule has 2 aromatic heterocycles. The molecule has 2 N–H and O–H groups in total. The van der Waals surface area contributed by atoms with Crippen LogP contribution in [0.5, 0.6) is 5.75 Å². The van der Waals surface area contributed by atoms with E-state index in [-0.39, 0.29) is 5.75 Å². The highest BCUT2D eigenvalue weighted by atomic mass is 79.9. The molecule has 0 aliphatic rings. The molecule has 0 saturated carbocycles. The number of anilines is 2. The second kappa shape index (κ2) is 7.04. The van der Waals surface area contributed by atoms with Gasteiger partial charge in [-0.25, -0.2) is 9.97 Å². The molecule has 0 unspecified atom stereocenters. The number of benzene rings is 2. The summed E-state index contributed by atoms with van der Waals surface area (Å²) in [5, 5.41) is 13.8. The first-order valence-electron chi connectivity index (χ1n) is 8.72. The van der Waals surface area contributed by atoms with Gasteiger partial charge in [0.2, 0.25) is 5.78 Å². The van der Waals surface area contributed by atoms with Crippen LogP contribution in [0.4, 0.5) is 11.5 Å². The number of nitrogens with one attached hydrogen (secondary N) is 1. The van der Waals surface area contributed by atoms with Crippen LogP contribution in [0.2, 0.25) is 0 Å². The molecule has 0 fully saturated rings. The molecule has 4 rings (SSSR count). The van der Waals surface area contributed by atoms with Crippen LogP contribution in [0, 0.1) is 0 Å². The fourth-order valence-electron chi connectivity index (χ4n) is 2.98. The third-order valence-corrected chi connectivity index (χ3v) is 4.95. The third kappa shape index (κ3) is 3.40. The van der Waals surface area contributed by atoms with Gasteiger partial charge < -0.3 is 10.4 Å². The summed E-state index contributed by atoms with van der Waals surface area (Å²) in [7, 11) is 0. The normalized spacial score (nSPS) is 11.3. The van der Waals surface area contributed by atoms with Crippen molar-refractivity contribution < 1.29 is 5.11 Å². The zero-order valence-corrected chi connectivity index (χ0v) is 16.6. The van der Waals surface area contributed by atoms with Crippen molar-refractivity contribution in [3.05, 3.63) is 71.0 Å². The van der Waals surface area contributed by atoms with Crippen molar-refractivity contribution in [2.75, 3.05) is 5.32 Å². The molecule has 0 radical (unpaired) electrons. The number of phenols is 1. The molecule has 0 bridgehead atoms. The number of rotatable bonds is 4. The number of phenolic OH excluding ortho intramolecular Hbond substituents is 1. The quantitative estimate of drug-likeness (QED) is 0.440. The Morgan fingerprint density at radius 1 is 1.11 bits per heavy atom. The lowest BCUT2D eigenvalue weighted by Gasteiger charge is -2.11. The SMILES string of the molecule is CC(C)c1ccc(Nc2c(-c3cc(Br)ccc3O)nc3ncccn23)cc1. The maximum atomic E-state index is 10.4. The van der Waals surface area contributed by atoms with Gasteiger partial charge in [-0.3, -0.25) is 4.40 Å². The lowest BCUT2D eigenvalue weighted by molar-refractivity contribution is 0.477. The summed E-state index contributed by atoms with van der Waals surface area (Å²) in [4.78, 5) is 8.97. The number of halogens is 1. The molecule has 6 heteroatoms. The van der Waals surface area contributed by atoms with E-state index in [1.54, 1.807) is 18.3 Å². The molecule has 0 aliphatic heterocycles. The van der Waals surface area contributed by atoms with E-state index >= 15 is 0 Å².